The molecule has 1 amide bonds. The second-order valence-electron chi connectivity index (χ2n) is 3.82. The summed E-state index contributed by atoms with van der Waals surface area (Å²) < 4.78 is 10.4. The van der Waals surface area contributed by atoms with E-state index in [0.717, 1.165) is 17.1 Å². The highest BCUT2D eigenvalue weighted by Gasteiger charge is 2.09. The first-order valence-electron chi connectivity index (χ1n) is 5.24. The number of benzene rings is 1. The number of rotatable bonds is 6. The van der Waals surface area contributed by atoms with Crippen LogP contribution >= 0.6 is 0 Å². The lowest BCUT2D eigenvalue weighted by molar-refractivity contribution is -0.118. The van der Waals surface area contributed by atoms with E-state index in [9.17, 15) is 4.79 Å². The molecule has 0 aromatic heterocycles. The van der Waals surface area contributed by atoms with Crippen molar-refractivity contribution < 1.29 is 14.3 Å². The predicted molar refractivity (Wildman–Crippen MR) is 65.1 cm³/mol. The van der Waals surface area contributed by atoms with Crippen LogP contribution in [0.1, 0.15) is 5.56 Å². The zero-order valence-corrected chi connectivity index (χ0v) is 10.4. The van der Waals surface area contributed by atoms with Crippen molar-refractivity contribution in [1.29, 1.82) is 0 Å². The molecule has 94 valence electrons. The highest BCUT2D eigenvalue weighted by Crippen LogP contribution is 2.24. The molecule has 0 fully saturated rings. The van der Waals surface area contributed by atoms with E-state index in [-0.39, 0.29) is 12.5 Å². The first kappa shape index (κ1) is 13.3. The molecular weight excluding hydrogens is 220 g/mol. The van der Waals surface area contributed by atoms with Crippen molar-refractivity contribution in [2.45, 2.75) is 6.54 Å². The second-order valence-corrected chi connectivity index (χ2v) is 3.82. The maximum Gasteiger partial charge on any atom is 0.231 e. The third-order valence-electron chi connectivity index (χ3n) is 2.35. The van der Waals surface area contributed by atoms with E-state index in [1.54, 1.807) is 14.2 Å². The van der Waals surface area contributed by atoms with Crippen LogP contribution < -0.4 is 15.2 Å². The fraction of sp³-hybridized carbons (Fsp3) is 0.417. The summed E-state index contributed by atoms with van der Waals surface area (Å²) in [6, 6.07) is 5.55. The van der Waals surface area contributed by atoms with Gasteiger partial charge in [0, 0.05) is 12.1 Å². The number of carbonyl (C=O) groups excluding carboxylic acids is 1. The van der Waals surface area contributed by atoms with Gasteiger partial charge in [-0.2, -0.15) is 0 Å². The van der Waals surface area contributed by atoms with Crippen molar-refractivity contribution in [3.8, 4) is 11.5 Å². The third-order valence-corrected chi connectivity index (χ3v) is 2.35. The molecule has 0 heterocycles. The molecule has 0 atom stereocenters. The number of methoxy groups -OCH3 is 2. The standard InChI is InChI=1S/C12H18N2O3/c1-14(8-12(13)15)7-9-6-10(16-2)4-5-11(9)17-3/h4-6H,7-8H2,1-3H3,(H2,13,15). The number of amides is 1. The molecule has 17 heavy (non-hydrogen) atoms. The molecule has 0 aliphatic carbocycles. The van der Waals surface area contributed by atoms with Gasteiger partial charge < -0.3 is 15.2 Å². The number of primary amides is 1. The van der Waals surface area contributed by atoms with Crippen LogP contribution in [-0.2, 0) is 11.3 Å². The molecule has 0 saturated heterocycles. The minimum atomic E-state index is -0.352. The number of nitrogens with two attached hydrogens (primary N) is 1. The lowest BCUT2D eigenvalue weighted by Crippen LogP contribution is -2.30. The smallest absolute Gasteiger partial charge is 0.231 e. The van der Waals surface area contributed by atoms with Gasteiger partial charge in [-0.25, -0.2) is 0 Å². The summed E-state index contributed by atoms with van der Waals surface area (Å²) in [7, 11) is 5.04. The second kappa shape index (κ2) is 6.10. The van der Waals surface area contributed by atoms with Gasteiger partial charge in [0.15, 0.2) is 0 Å². The topological polar surface area (TPSA) is 64.8 Å². The Kier molecular flexibility index (Phi) is 4.78. The molecule has 1 rings (SSSR count). The van der Waals surface area contributed by atoms with Crippen molar-refractivity contribution >= 4 is 5.91 Å². The first-order valence-corrected chi connectivity index (χ1v) is 5.24. The monoisotopic (exact) mass is 238 g/mol. The fourth-order valence-corrected chi connectivity index (χ4v) is 1.62. The van der Waals surface area contributed by atoms with Gasteiger partial charge in [0.25, 0.3) is 0 Å². The summed E-state index contributed by atoms with van der Waals surface area (Å²) in [5, 5.41) is 0. The van der Waals surface area contributed by atoms with Crippen molar-refractivity contribution in [1.82, 2.24) is 4.90 Å². The first-order chi connectivity index (χ1) is 8.06. The van der Waals surface area contributed by atoms with Crippen LogP contribution in [0.4, 0.5) is 0 Å². The van der Waals surface area contributed by atoms with Crippen LogP contribution in [0.15, 0.2) is 18.2 Å². The van der Waals surface area contributed by atoms with Crippen LogP contribution in [0.5, 0.6) is 11.5 Å². The SMILES string of the molecule is COc1ccc(OC)c(CN(C)CC(N)=O)c1. The summed E-state index contributed by atoms with van der Waals surface area (Å²) >= 11 is 0. The van der Waals surface area contributed by atoms with E-state index in [1.165, 1.54) is 0 Å². The van der Waals surface area contributed by atoms with Crippen LogP contribution in [0.2, 0.25) is 0 Å². The van der Waals surface area contributed by atoms with Crippen molar-refractivity contribution in [2.75, 3.05) is 27.8 Å². The van der Waals surface area contributed by atoms with Gasteiger partial charge in [-0.15, -0.1) is 0 Å². The maximum absolute atomic E-state index is 10.8. The van der Waals surface area contributed by atoms with E-state index in [4.69, 9.17) is 15.2 Å². The predicted octanol–water partition coefficient (Wildman–Crippen LogP) is 0.621. The van der Waals surface area contributed by atoms with Gasteiger partial charge in [-0.3, -0.25) is 9.69 Å². The van der Waals surface area contributed by atoms with Gasteiger partial charge in [-0.1, -0.05) is 0 Å². The number of likely N-dealkylation sites (N-methyl/N-ethyl adjacent to an activating group) is 1. The summed E-state index contributed by atoms with van der Waals surface area (Å²) in [6.07, 6.45) is 0. The molecule has 0 unspecified atom stereocenters. The van der Waals surface area contributed by atoms with Gasteiger partial charge in [0.1, 0.15) is 11.5 Å². The molecular formula is C12H18N2O3. The van der Waals surface area contributed by atoms with E-state index in [1.807, 2.05) is 30.1 Å². The number of carbonyl (C=O) groups is 1. The zero-order chi connectivity index (χ0) is 12.8. The number of ether oxygens (including phenoxy) is 2. The van der Waals surface area contributed by atoms with E-state index < -0.39 is 0 Å². The molecule has 0 aliphatic rings. The Morgan fingerprint density at radius 1 is 1.35 bits per heavy atom. The molecule has 0 radical (unpaired) electrons. The average molecular weight is 238 g/mol. The van der Waals surface area contributed by atoms with E-state index in [0.29, 0.717) is 6.54 Å². The molecule has 0 spiro atoms. The molecule has 0 bridgehead atoms. The summed E-state index contributed by atoms with van der Waals surface area (Å²) in [6.45, 7) is 0.781. The van der Waals surface area contributed by atoms with Gasteiger partial charge >= 0.3 is 0 Å². The quantitative estimate of drug-likeness (QED) is 0.789. The van der Waals surface area contributed by atoms with Crippen LogP contribution in [0.3, 0.4) is 0 Å². The van der Waals surface area contributed by atoms with Crippen LogP contribution in [0, 0.1) is 0 Å². The molecule has 2 N–H and O–H groups in total. The van der Waals surface area contributed by atoms with Gasteiger partial charge in [-0.05, 0) is 25.2 Å². The Morgan fingerprint density at radius 3 is 2.59 bits per heavy atom. The maximum atomic E-state index is 10.8. The Labute approximate surface area is 101 Å². The number of hydrogen-bond donors (Lipinski definition) is 1. The minimum Gasteiger partial charge on any atom is -0.497 e. The molecule has 0 aliphatic heterocycles. The molecule has 1 aromatic rings. The summed E-state index contributed by atoms with van der Waals surface area (Å²) in [5.74, 6) is 1.17. The Morgan fingerprint density at radius 2 is 2.06 bits per heavy atom. The fourth-order valence-electron chi connectivity index (χ4n) is 1.62. The third kappa shape index (κ3) is 3.96. The highest BCUT2D eigenvalue weighted by molar-refractivity contribution is 5.75. The molecule has 1 aromatic carbocycles. The Hall–Kier alpha value is -1.75. The minimum absolute atomic E-state index is 0.209. The lowest BCUT2D eigenvalue weighted by atomic mass is 10.1. The molecule has 5 heteroatoms. The largest absolute Gasteiger partial charge is 0.497 e. The lowest BCUT2D eigenvalue weighted by Gasteiger charge is -2.17. The van der Waals surface area contributed by atoms with E-state index >= 15 is 0 Å². The summed E-state index contributed by atoms with van der Waals surface area (Å²) in [4.78, 5) is 12.6. The summed E-state index contributed by atoms with van der Waals surface area (Å²) in [5.41, 5.74) is 6.09. The van der Waals surface area contributed by atoms with Crippen LogP contribution in [0.25, 0.3) is 0 Å². The number of nitrogens with zero attached hydrogens (tertiary/aromatic N) is 1. The van der Waals surface area contributed by atoms with Crippen molar-refractivity contribution in [2.24, 2.45) is 5.73 Å². The van der Waals surface area contributed by atoms with Gasteiger partial charge in [0.2, 0.25) is 5.91 Å². The normalized spacial score (nSPS) is 10.4. The molecule has 0 saturated carbocycles. The highest BCUT2D eigenvalue weighted by atomic mass is 16.5. The molecule has 5 nitrogen and oxygen atoms in total. The Bertz CT molecular complexity index is 393. The van der Waals surface area contributed by atoms with Crippen molar-refractivity contribution in [3.05, 3.63) is 23.8 Å². The van der Waals surface area contributed by atoms with Gasteiger partial charge in [0.05, 0.1) is 20.8 Å². The number of hydrogen-bond acceptors (Lipinski definition) is 4. The Balaban J connectivity index is 2.83. The van der Waals surface area contributed by atoms with E-state index in [2.05, 4.69) is 0 Å². The van der Waals surface area contributed by atoms with Crippen LogP contribution in [-0.4, -0.2) is 38.6 Å². The van der Waals surface area contributed by atoms with Crippen molar-refractivity contribution in [3.63, 3.8) is 0 Å². The zero-order valence-electron chi connectivity index (χ0n) is 10.4. The average Bonchev–Trinajstić information content (AvgIpc) is 2.27.